The van der Waals surface area contributed by atoms with E-state index in [1.54, 1.807) is 28.8 Å². The molecule has 0 saturated carbocycles. The minimum atomic E-state index is -0.138. The number of ether oxygens (including phenoxy) is 1. The van der Waals surface area contributed by atoms with Crippen LogP contribution in [0.25, 0.3) is 0 Å². The second kappa shape index (κ2) is 4.40. The van der Waals surface area contributed by atoms with Gasteiger partial charge in [0.25, 0.3) is 0 Å². The first-order valence-electron chi connectivity index (χ1n) is 5.29. The SMILES string of the molecule is CCn1ncc(OC)c1C(=O)c1cncn1C. The van der Waals surface area contributed by atoms with E-state index in [1.165, 1.54) is 13.3 Å². The summed E-state index contributed by atoms with van der Waals surface area (Å²) >= 11 is 0. The first-order chi connectivity index (χ1) is 8.19. The lowest BCUT2D eigenvalue weighted by Gasteiger charge is -2.06. The minimum Gasteiger partial charge on any atom is -0.493 e. The molecule has 0 saturated heterocycles. The summed E-state index contributed by atoms with van der Waals surface area (Å²) in [6.07, 6.45) is 4.67. The molecule has 0 spiro atoms. The molecule has 17 heavy (non-hydrogen) atoms. The van der Waals surface area contributed by atoms with Crippen molar-refractivity contribution in [2.45, 2.75) is 13.5 Å². The minimum absolute atomic E-state index is 0.138. The van der Waals surface area contributed by atoms with Crippen molar-refractivity contribution in [2.75, 3.05) is 7.11 Å². The number of carbonyl (C=O) groups excluding carboxylic acids is 1. The van der Waals surface area contributed by atoms with E-state index in [0.29, 0.717) is 23.7 Å². The van der Waals surface area contributed by atoms with Gasteiger partial charge < -0.3 is 9.30 Å². The molecular weight excluding hydrogens is 220 g/mol. The molecule has 2 rings (SSSR count). The van der Waals surface area contributed by atoms with Gasteiger partial charge in [-0.1, -0.05) is 0 Å². The number of hydrogen-bond donors (Lipinski definition) is 0. The van der Waals surface area contributed by atoms with E-state index in [9.17, 15) is 4.79 Å². The molecule has 0 radical (unpaired) electrons. The van der Waals surface area contributed by atoms with Gasteiger partial charge in [-0.2, -0.15) is 5.10 Å². The van der Waals surface area contributed by atoms with E-state index in [2.05, 4.69) is 10.1 Å². The highest BCUT2D eigenvalue weighted by Gasteiger charge is 2.22. The zero-order valence-electron chi connectivity index (χ0n) is 10.0. The third kappa shape index (κ3) is 1.82. The zero-order chi connectivity index (χ0) is 12.4. The Balaban J connectivity index is 2.50. The van der Waals surface area contributed by atoms with Crippen LogP contribution in [0.1, 0.15) is 23.1 Å². The summed E-state index contributed by atoms with van der Waals surface area (Å²) in [5.41, 5.74) is 0.970. The Hall–Kier alpha value is -2.11. The summed E-state index contributed by atoms with van der Waals surface area (Å²) in [4.78, 5) is 16.3. The van der Waals surface area contributed by atoms with Gasteiger partial charge in [0.15, 0.2) is 11.4 Å². The number of hydrogen-bond acceptors (Lipinski definition) is 4. The summed E-state index contributed by atoms with van der Waals surface area (Å²) in [7, 11) is 3.30. The molecule has 0 aromatic carbocycles. The molecule has 0 amide bonds. The van der Waals surface area contributed by atoms with Gasteiger partial charge in [-0.05, 0) is 6.92 Å². The summed E-state index contributed by atoms with van der Waals surface area (Å²) in [6, 6.07) is 0. The van der Waals surface area contributed by atoms with Gasteiger partial charge in [-0.3, -0.25) is 9.48 Å². The highest BCUT2D eigenvalue weighted by atomic mass is 16.5. The van der Waals surface area contributed by atoms with Crippen molar-refractivity contribution in [1.29, 1.82) is 0 Å². The quantitative estimate of drug-likeness (QED) is 0.737. The fourth-order valence-electron chi connectivity index (χ4n) is 1.68. The number of ketones is 1. The molecule has 0 N–H and O–H groups in total. The van der Waals surface area contributed by atoms with Crippen molar-refractivity contribution in [3.8, 4) is 5.75 Å². The Bertz CT molecular complexity index is 520. The van der Waals surface area contributed by atoms with Crippen LogP contribution in [0.5, 0.6) is 5.75 Å². The Morgan fingerprint density at radius 3 is 2.76 bits per heavy atom. The van der Waals surface area contributed by atoms with Gasteiger partial charge in [-0.25, -0.2) is 4.98 Å². The van der Waals surface area contributed by atoms with Crippen molar-refractivity contribution < 1.29 is 9.53 Å². The molecule has 0 aliphatic carbocycles. The molecule has 0 aliphatic heterocycles. The summed E-state index contributed by atoms with van der Waals surface area (Å²) in [5, 5.41) is 4.11. The number of methoxy groups -OCH3 is 1. The Kier molecular flexibility index (Phi) is 2.95. The van der Waals surface area contributed by atoms with Crippen molar-refractivity contribution in [3.63, 3.8) is 0 Å². The fraction of sp³-hybridized carbons (Fsp3) is 0.364. The standard InChI is InChI=1S/C11H14N4O2/c1-4-15-10(9(17-3)6-13-15)11(16)8-5-12-7-14(8)2/h5-7H,4H2,1-3H3. The number of imidazole rings is 1. The fourth-order valence-corrected chi connectivity index (χ4v) is 1.68. The molecule has 2 aromatic rings. The van der Waals surface area contributed by atoms with Gasteiger partial charge in [-0.15, -0.1) is 0 Å². The van der Waals surface area contributed by atoms with Crippen LogP contribution in [0.4, 0.5) is 0 Å². The van der Waals surface area contributed by atoms with Crippen LogP contribution in [0.3, 0.4) is 0 Å². The van der Waals surface area contributed by atoms with Crippen LogP contribution in [0, 0.1) is 0 Å². The highest BCUT2D eigenvalue weighted by Crippen LogP contribution is 2.20. The first-order valence-corrected chi connectivity index (χ1v) is 5.29. The maximum Gasteiger partial charge on any atom is 0.232 e. The number of rotatable bonds is 4. The molecular formula is C11H14N4O2. The van der Waals surface area contributed by atoms with Gasteiger partial charge in [0.1, 0.15) is 5.69 Å². The van der Waals surface area contributed by atoms with Gasteiger partial charge in [0.2, 0.25) is 5.78 Å². The predicted molar refractivity (Wildman–Crippen MR) is 61.1 cm³/mol. The largest absolute Gasteiger partial charge is 0.493 e. The van der Waals surface area contributed by atoms with Gasteiger partial charge in [0.05, 0.1) is 25.8 Å². The maximum atomic E-state index is 12.3. The first kappa shape index (κ1) is 11.4. The van der Waals surface area contributed by atoms with Crippen LogP contribution in [0.2, 0.25) is 0 Å². The molecule has 2 aromatic heterocycles. The van der Waals surface area contributed by atoms with Crippen LogP contribution in [-0.2, 0) is 13.6 Å². The summed E-state index contributed by atoms with van der Waals surface area (Å²) in [5.74, 6) is 0.347. The number of aromatic nitrogens is 4. The third-order valence-corrected chi connectivity index (χ3v) is 2.59. The second-order valence-corrected chi connectivity index (χ2v) is 3.60. The number of carbonyl (C=O) groups is 1. The molecule has 0 atom stereocenters. The molecule has 0 bridgehead atoms. The van der Waals surface area contributed by atoms with Gasteiger partial charge in [0, 0.05) is 13.6 Å². The smallest absolute Gasteiger partial charge is 0.232 e. The van der Waals surface area contributed by atoms with E-state index in [1.807, 2.05) is 6.92 Å². The van der Waals surface area contributed by atoms with E-state index in [0.717, 1.165) is 0 Å². The number of aryl methyl sites for hydroxylation is 2. The average Bonchev–Trinajstić information content (AvgIpc) is 2.93. The van der Waals surface area contributed by atoms with Crippen LogP contribution in [0.15, 0.2) is 18.7 Å². The van der Waals surface area contributed by atoms with Crippen molar-refractivity contribution >= 4 is 5.78 Å². The maximum absolute atomic E-state index is 12.3. The molecule has 6 nitrogen and oxygen atoms in total. The molecule has 0 unspecified atom stereocenters. The van der Waals surface area contributed by atoms with Crippen molar-refractivity contribution in [1.82, 2.24) is 19.3 Å². The van der Waals surface area contributed by atoms with Crippen LogP contribution < -0.4 is 4.74 Å². The van der Waals surface area contributed by atoms with E-state index in [4.69, 9.17) is 4.74 Å². The van der Waals surface area contributed by atoms with E-state index >= 15 is 0 Å². The van der Waals surface area contributed by atoms with Crippen LogP contribution >= 0.6 is 0 Å². The highest BCUT2D eigenvalue weighted by molar-refractivity contribution is 6.08. The topological polar surface area (TPSA) is 61.9 Å². The van der Waals surface area contributed by atoms with E-state index in [-0.39, 0.29) is 5.78 Å². The average molecular weight is 234 g/mol. The lowest BCUT2D eigenvalue weighted by Crippen LogP contribution is -2.14. The van der Waals surface area contributed by atoms with Crippen LogP contribution in [-0.4, -0.2) is 32.2 Å². The van der Waals surface area contributed by atoms with Crippen molar-refractivity contribution in [3.05, 3.63) is 30.1 Å². The Morgan fingerprint density at radius 2 is 2.24 bits per heavy atom. The molecule has 90 valence electrons. The van der Waals surface area contributed by atoms with Gasteiger partial charge >= 0.3 is 0 Å². The lowest BCUT2D eigenvalue weighted by molar-refractivity contribution is 0.101. The molecule has 0 fully saturated rings. The molecule has 2 heterocycles. The van der Waals surface area contributed by atoms with E-state index < -0.39 is 0 Å². The third-order valence-electron chi connectivity index (χ3n) is 2.59. The second-order valence-electron chi connectivity index (χ2n) is 3.60. The Labute approximate surface area is 98.8 Å². The zero-order valence-corrected chi connectivity index (χ0v) is 10.0. The number of nitrogens with zero attached hydrogens (tertiary/aromatic N) is 4. The molecule has 0 aliphatic rings. The summed E-state index contributed by atoms with van der Waals surface area (Å²) in [6.45, 7) is 2.54. The monoisotopic (exact) mass is 234 g/mol. The van der Waals surface area contributed by atoms with Crippen molar-refractivity contribution in [2.24, 2.45) is 7.05 Å². The Morgan fingerprint density at radius 1 is 1.47 bits per heavy atom. The summed E-state index contributed by atoms with van der Waals surface area (Å²) < 4.78 is 8.45. The lowest BCUT2D eigenvalue weighted by atomic mass is 10.2. The molecule has 6 heteroatoms. The normalized spacial score (nSPS) is 10.5. The predicted octanol–water partition coefficient (Wildman–Crippen LogP) is 0.876.